The Kier molecular flexibility index (Phi) is 6.84. The lowest BCUT2D eigenvalue weighted by molar-refractivity contribution is 0.103. The fourth-order valence-electron chi connectivity index (χ4n) is 3.52. The fourth-order valence-corrected chi connectivity index (χ4v) is 3.75. The molecule has 31 heavy (non-hydrogen) atoms. The summed E-state index contributed by atoms with van der Waals surface area (Å²) < 4.78 is 5.45. The van der Waals surface area contributed by atoms with Crippen LogP contribution < -0.4 is 26.8 Å². The number of pyridine rings is 1. The molecule has 3 unspecified atom stereocenters. The number of hydrogen-bond donors (Lipinski definition) is 4. The Balaban J connectivity index is 1.67. The van der Waals surface area contributed by atoms with Gasteiger partial charge in [-0.25, -0.2) is 10.4 Å². The molecule has 0 radical (unpaired) electrons. The number of aromatic nitrogens is 1. The van der Waals surface area contributed by atoms with Crippen molar-refractivity contribution >= 4 is 28.9 Å². The minimum Gasteiger partial charge on any atom is -0.378 e. The number of hydrazine groups is 1. The van der Waals surface area contributed by atoms with Gasteiger partial charge in [-0.2, -0.15) is 0 Å². The van der Waals surface area contributed by atoms with E-state index in [0.29, 0.717) is 35.1 Å². The molecule has 8 nitrogen and oxygen atoms in total. The summed E-state index contributed by atoms with van der Waals surface area (Å²) in [6.45, 7) is 4.80. The minimum atomic E-state index is -0.270. The maximum absolute atomic E-state index is 13.3. The summed E-state index contributed by atoms with van der Waals surface area (Å²) in [5.41, 5.74) is 14.0. The number of nitrogens with zero attached hydrogens (tertiary/aromatic N) is 2. The normalized spacial score (nSPS) is 24.0. The number of hydrogen-bond acceptors (Lipinski definition) is 8. The maximum Gasteiger partial charge on any atom is 0.198 e. The molecule has 164 valence electrons. The quantitative estimate of drug-likeness (QED) is 0.411. The van der Waals surface area contributed by atoms with Gasteiger partial charge in [-0.1, -0.05) is 29.8 Å². The summed E-state index contributed by atoms with van der Waals surface area (Å²) in [5.74, 6) is 0.599. The third-order valence-electron chi connectivity index (χ3n) is 5.47. The lowest BCUT2D eigenvalue weighted by Gasteiger charge is -2.29. The summed E-state index contributed by atoms with van der Waals surface area (Å²) in [4.78, 5) is 20.0. The van der Waals surface area contributed by atoms with Gasteiger partial charge in [-0.15, -0.1) is 0 Å². The zero-order valence-corrected chi connectivity index (χ0v) is 18.1. The van der Waals surface area contributed by atoms with Crippen molar-refractivity contribution in [3.63, 3.8) is 0 Å². The predicted octanol–water partition coefficient (Wildman–Crippen LogP) is 1.92. The van der Waals surface area contributed by atoms with E-state index in [0.717, 1.165) is 18.9 Å². The van der Waals surface area contributed by atoms with E-state index in [2.05, 4.69) is 26.1 Å². The summed E-state index contributed by atoms with van der Waals surface area (Å²) in [7, 11) is 0. The molecule has 3 atom stereocenters. The Morgan fingerprint density at radius 2 is 2.00 bits per heavy atom. The van der Waals surface area contributed by atoms with Crippen LogP contribution in [0.3, 0.4) is 0 Å². The molecule has 0 saturated carbocycles. The smallest absolute Gasteiger partial charge is 0.198 e. The Morgan fingerprint density at radius 1 is 1.23 bits per heavy atom. The number of nitrogens with two attached hydrogens (primary N) is 1. The summed E-state index contributed by atoms with van der Waals surface area (Å²) in [5, 5.41) is 3.81. The number of halogens is 1. The van der Waals surface area contributed by atoms with Crippen molar-refractivity contribution in [2.75, 3.05) is 36.5 Å². The van der Waals surface area contributed by atoms with Crippen molar-refractivity contribution in [1.82, 2.24) is 15.8 Å². The predicted molar refractivity (Wildman–Crippen MR) is 122 cm³/mol. The molecule has 5 N–H and O–H groups in total. The standard InChI is InChI=1S/C22H27ClN6O2/c1-14-18(24)6-7-20(28-27-14)26-19-12-21(29-8-10-31-11-9-29)25-13-16(19)22(30)15-4-2-3-5-17(15)23/h2-7,12-14,18,20,27-28H,8-11,24H2,1H3,(H,25,26). The first-order valence-corrected chi connectivity index (χ1v) is 10.7. The van der Waals surface area contributed by atoms with Crippen LogP contribution in [0, 0.1) is 0 Å². The van der Waals surface area contributed by atoms with Crippen LogP contribution in [0.25, 0.3) is 0 Å². The average molecular weight is 443 g/mol. The molecule has 1 fully saturated rings. The lowest BCUT2D eigenvalue weighted by Crippen LogP contribution is -2.51. The Bertz CT molecular complexity index is 963. The van der Waals surface area contributed by atoms with E-state index in [1.807, 2.05) is 25.1 Å². The van der Waals surface area contributed by atoms with Crippen LogP contribution in [-0.2, 0) is 4.74 Å². The monoisotopic (exact) mass is 442 g/mol. The van der Waals surface area contributed by atoms with Gasteiger partial charge in [0, 0.05) is 43.0 Å². The number of ether oxygens (including phenoxy) is 1. The van der Waals surface area contributed by atoms with E-state index in [-0.39, 0.29) is 24.0 Å². The number of ketones is 1. The highest BCUT2D eigenvalue weighted by Crippen LogP contribution is 2.27. The molecule has 1 aromatic carbocycles. The number of carbonyl (C=O) groups excluding carboxylic acids is 1. The molecule has 2 aliphatic heterocycles. The number of nitrogens with one attached hydrogen (secondary N) is 3. The fraction of sp³-hybridized carbons (Fsp3) is 0.364. The van der Waals surface area contributed by atoms with Crippen LogP contribution in [-0.4, -0.2) is 55.3 Å². The van der Waals surface area contributed by atoms with Crippen LogP contribution in [0.2, 0.25) is 5.02 Å². The van der Waals surface area contributed by atoms with Crippen LogP contribution in [0.1, 0.15) is 22.8 Å². The second kappa shape index (κ2) is 9.76. The Hall–Kier alpha value is -2.49. The molecule has 1 saturated heterocycles. The van der Waals surface area contributed by atoms with Gasteiger partial charge in [0.1, 0.15) is 12.0 Å². The molecule has 1 aromatic heterocycles. The van der Waals surface area contributed by atoms with E-state index in [9.17, 15) is 4.79 Å². The average Bonchev–Trinajstić information content (AvgIpc) is 2.95. The minimum absolute atomic E-state index is 0.0635. The van der Waals surface area contributed by atoms with Crippen molar-refractivity contribution in [1.29, 1.82) is 0 Å². The van der Waals surface area contributed by atoms with E-state index < -0.39 is 0 Å². The van der Waals surface area contributed by atoms with Gasteiger partial charge >= 0.3 is 0 Å². The molecule has 2 aliphatic rings. The zero-order valence-electron chi connectivity index (χ0n) is 17.3. The lowest BCUT2D eigenvalue weighted by atomic mass is 10.0. The first-order chi connectivity index (χ1) is 15.0. The van der Waals surface area contributed by atoms with Crippen LogP contribution in [0.5, 0.6) is 0 Å². The number of morpholine rings is 1. The van der Waals surface area contributed by atoms with Gasteiger partial charge in [0.2, 0.25) is 0 Å². The molecule has 9 heteroatoms. The van der Waals surface area contributed by atoms with Crippen molar-refractivity contribution in [3.05, 3.63) is 64.8 Å². The van der Waals surface area contributed by atoms with Crippen molar-refractivity contribution in [3.8, 4) is 0 Å². The summed E-state index contributed by atoms with van der Waals surface area (Å²) in [6, 6.07) is 8.87. The largest absolute Gasteiger partial charge is 0.378 e. The number of anilines is 2. The second-order valence-electron chi connectivity index (χ2n) is 7.66. The van der Waals surface area contributed by atoms with E-state index in [4.69, 9.17) is 22.1 Å². The van der Waals surface area contributed by atoms with E-state index >= 15 is 0 Å². The molecule has 2 aromatic rings. The molecular formula is C22H27ClN6O2. The topological polar surface area (TPSA) is 105 Å². The van der Waals surface area contributed by atoms with Crippen molar-refractivity contribution in [2.45, 2.75) is 25.2 Å². The zero-order chi connectivity index (χ0) is 21.8. The SMILES string of the molecule is CC1NNC(Nc2cc(N3CCOCC3)ncc2C(=O)c2ccccc2Cl)C=CC1N. The Labute approximate surface area is 186 Å². The number of rotatable bonds is 5. The molecule has 0 aliphatic carbocycles. The third kappa shape index (κ3) is 5.06. The summed E-state index contributed by atoms with van der Waals surface area (Å²) >= 11 is 6.29. The molecule has 3 heterocycles. The van der Waals surface area contributed by atoms with E-state index in [1.54, 1.807) is 30.5 Å². The first kappa shape index (κ1) is 21.7. The van der Waals surface area contributed by atoms with Crippen LogP contribution in [0.4, 0.5) is 11.5 Å². The van der Waals surface area contributed by atoms with Gasteiger partial charge in [0.05, 0.1) is 29.5 Å². The number of benzene rings is 1. The molecule has 0 amide bonds. The van der Waals surface area contributed by atoms with Crippen LogP contribution >= 0.6 is 11.6 Å². The van der Waals surface area contributed by atoms with Gasteiger partial charge in [-0.3, -0.25) is 10.2 Å². The highest BCUT2D eigenvalue weighted by molar-refractivity contribution is 6.35. The summed E-state index contributed by atoms with van der Waals surface area (Å²) in [6.07, 6.45) is 5.23. The number of carbonyl (C=O) groups is 1. The molecule has 0 bridgehead atoms. The second-order valence-corrected chi connectivity index (χ2v) is 8.07. The van der Waals surface area contributed by atoms with Gasteiger partial charge in [0.25, 0.3) is 0 Å². The van der Waals surface area contributed by atoms with Crippen molar-refractivity contribution < 1.29 is 9.53 Å². The third-order valence-corrected chi connectivity index (χ3v) is 5.80. The molecule has 4 rings (SSSR count). The molecule has 0 spiro atoms. The van der Waals surface area contributed by atoms with Crippen LogP contribution in [0.15, 0.2) is 48.7 Å². The maximum atomic E-state index is 13.3. The highest BCUT2D eigenvalue weighted by Gasteiger charge is 2.22. The van der Waals surface area contributed by atoms with E-state index in [1.165, 1.54) is 0 Å². The Morgan fingerprint density at radius 3 is 2.77 bits per heavy atom. The highest BCUT2D eigenvalue weighted by atomic mass is 35.5. The molecular weight excluding hydrogens is 416 g/mol. The van der Waals surface area contributed by atoms with Crippen molar-refractivity contribution in [2.24, 2.45) is 5.73 Å². The van der Waals surface area contributed by atoms with Gasteiger partial charge < -0.3 is 20.7 Å². The van der Waals surface area contributed by atoms with Gasteiger partial charge in [-0.05, 0) is 25.1 Å². The first-order valence-electron chi connectivity index (χ1n) is 10.4. The van der Waals surface area contributed by atoms with Gasteiger partial charge in [0.15, 0.2) is 5.78 Å².